The number of ether oxygens (including phenoxy) is 1. The van der Waals surface area contributed by atoms with Crippen molar-refractivity contribution in [1.29, 1.82) is 0 Å². The summed E-state index contributed by atoms with van der Waals surface area (Å²) in [5.74, 6) is 1.03. The second kappa shape index (κ2) is 4.57. The molecule has 0 radical (unpaired) electrons. The van der Waals surface area contributed by atoms with Crippen LogP contribution in [0.5, 0.6) is 5.88 Å². The van der Waals surface area contributed by atoms with Crippen molar-refractivity contribution in [3.63, 3.8) is 0 Å². The van der Waals surface area contributed by atoms with E-state index in [1.54, 1.807) is 13.2 Å². The van der Waals surface area contributed by atoms with E-state index in [1.165, 1.54) is 0 Å². The van der Waals surface area contributed by atoms with Crippen LogP contribution < -0.4 is 10.5 Å². The molecule has 1 aromatic carbocycles. The third-order valence-corrected chi connectivity index (χ3v) is 2.93. The molecule has 0 saturated carbocycles. The average molecular weight is 251 g/mol. The van der Waals surface area contributed by atoms with Crippen LogP contribution in [0.15, 0.2) is 48.5 Å². The Labute approximate surface area is 110 Å². The number of benzene rings is 1. The third kappa shape index (κ3) is 2.08. The number of hydrogen-bond acceptors (Lipinski definition) is 4. The molecule has 4 heteroatoms. The van der Waals surface area contributed by atoms with Crippen LogP contribution in [0.2, 0.25) is 0 Å². The molecule has 2 heterocycles. The zero-order valence-corrected chi connectivity index (χ0v) is 10.5. The Morgan fingerprint density at radius 3 is 2.63 bits per heavy atom. The highest BCUT2D eigenvalue weighted by atomic mass is 16.5. The topological polar surface area (TPSA) is 61.0 Å². The fourth-order valence-electron chi connectivity index (χ4n) is 2.04. The second-order valence-corrected chi connectivity index (χ2v) is 4.19. The maximum absolute atomic E-state index is 5.73. The van der Waals surface area contributed by atoms with Gasteiger partial charge in [0, 0.05) is 5.39 Å². The van der Waals surface area contributed by atoms with Crippen molar-refractivity contribution in [3.05, 3.63) is 48.5 Å². The molecule has 0 aliphatic heterocycles. The lowest BCUT2D eigenvalue weighted by Gasteiger charge is -2.09. The molecule has 0 amide bonds. The fourth-order valence-corrected chi connectivity index (χ4v) is 2.04. The smallest absolute Gasteiger partial charge is 0.223 e. The summed E-state index contributed by atoms with van der Waals surface area (Å²) in [4.78, 5) is 8.81. The number of anilines is 1. The number of nitrogens with zero attached hydrogens (tertiary/aromatic N) is 2. The van der Waals surface area contributed by atoms with Gasteiger partial charge in [-0.2, -0.15) is 0 Å². The van der Waals surface area contributed by atoms with Gasteiger partial charge in [-0.05, 0) is 24.3 Å². The molecule has 4 nitrogen and oxygen atoms in total. The minimum atomic E-state index is 0.479. The van der Waals surface area contributed by atoms with E-state index >= 15 is 0 Å². The van der Waals surface area contributed by atoms with E-state index in [9.17, 15) is 0 Å². The van der Waals surface area contributed by atoms with Crippen molar-refractivity contribution < 1.29 is 4.74 Å². The van der Waals surface area contributed by atoms with E-state index in [-0.39, 0.29) is 0 Å². The molecule has 0 bridgehead atoms. The van der Waals surface area contributed by atoms with E-state index in [1.807, 2.05) is 42.5 Å². The van der Waals surface area contributed by atoms with Crippen LogP contribution in [0.3, 0.4) is 0 Å². The molecule has 2 aromatic heterocycles. The number of nitrogen functional groups attached to an aromatic ring is 1. The number of pyridine rings is 2. The van der Waals surface area contributed by atoms with Gasteiger partial charge in [-0.25, -0.2) is 9.97 Å². The lowest BCUT2D eigenvalue weighted by Crippen LogP contribution is -1.96. The van der Waals surface area contributed by atoms with Crippen LogP contribution in [0, 0.1) is 0 Å². The number of fused-ring (bicyclic) bond motifs is 1. The molecule has 0 fully saturated rings. The molecular formula is C15H13N3O. The first-order valence-electron chi connectivity index (χ1n) is 5.94. The zero-order valence-electron chi connectivity index (χ0n) is 10.5. The van der Waals surface area contributed by atoms with Gasteiger partial charge < -0.3 is 10.5 Å². The number of hydrogen-bond donors (Lipinski definition) is 1. The lowest BCUT2D eigenvalue weighted by atomic mass is 10.1. The van der Waals surface area contributed by atoms with Gasteiger partial charge in [0.05, 0.1) is 23.9 Å². The first-order chi connectivity index (χ1) is 9.28. The van der Waals surface area contributed by atoms with E-state index in [2.05, 4.69) is 9.97 Å². The molecule has 0 atom stereocenters. The van der Waals surface area contributed by atoms with Gasteiger partial charge >= 0.3 is 0 Å². The minimum absolute atomic E-state index is 0.479. The van der Waals surface area contributed by atoms with E-state index < -0.39 is 0 Å². The van der Waals surface area contributed by atoms with Crippen LogP contribution in [0.4, 0.5) is 5.82 Å². The summed E-state index contributed by atoms with van der Waals surface area (Å²) in [6.45, 7) is 0. The second-order valence-electron chi connectivity index (χ2n) is 4.19. The fraction of sp³-hybridized carbons (Fsp3) is 0.0667. The van der Waals surface area contributed by atoms with Crippen molar-refractivity contribution in [3.8, 4) is 17.1 Å². The third-order valence-electron chi connectivity index (χ3n) is 2.93. The standard InChI is InChI=1S/C15H13N3O/c1-19-15-11(13-7-4-8-14(16)17-13)9-10-5-2-3-6-12(10)18-15/h2-9H,1H3,(H2,16,17). The van der Waals surface area contributed by atoms with Gasteiger partial charge in [-0.3, -0.25) is 0 Å². The summed E-state index contributed by atoms with van der Waals surface area (Å²) >= 11 is 0. The lowest BCUT2D eigenvalue weighted by molar-refractivity contribution is 0.401. The Balaban J connectivity index is 2.27. The van der Waals surface area contributed by atoms with Crippen molar-refractivity contribution >= 4 is 16.7 Å². The van der Waals surface area contributed by atoms with Gasteiger partial charge in [0.1, 0.15) is 5.82 Å². The maximum atomic E-state index is 5.73. The summed E-state index contributed by atoms with van der Waals surface area (Å²) in [5, 5.41) is 1.04. The van der Waals surface area contributed by atoms with Crippen molar-refractivity contribution in [2.75, 3.05) is 12.8 Å². The molecule has 2 N–H and O–H groups in total. The number of aromatic nitrogens is 2. The quantitative estimate of drug-likeness (QED) is 0.760. The normalized spacial score (nSPS) is 10.6. The molecule has 0 spiro atoms. The van der Waals surface area contributed by atoms with Gasteiger partial charge in [0.15, 0.2) is 0 Å². The van der Waals surface area contributed by atoms with Crippen LogP contribution in [-0.4, -0.2) is 17.1 Å². The summed E-state index contributed by atoms with van der Waals surface area (Å²) in [5.41, 5.74) is 8.22. The summed E-state index contributed by atoms with van der Waals surface area (Å²) in [6.07, 6.45) is 0. The number of nitrogens with two attached hydrogens (primary N) is 1. The molecule has 19 heavy (non-hydrogen) atoms. The monoisotopic (exact) mass is 251 g/mol. The average Bonchev–Trinajstić information content (AvgIpc) is 2.46. The molecular weight excluding hydrogens is 238 g/mol. The highest BCUT2D eigenvalue weighted by Crippen LogP contribution is 2.30. The molecule has 0 saturated heterocycles. The summed E-state index contributed by atoms with van der Waals surface area (Å²) in [7, 11) is 1.60. The highest BCUT2D eigenvalue weighted by molar-refractivity contribution is 5.85. The van der Waals surface area contributed by atoms with E-state index in [0.29, 0.717) is 11.7 Å². The first kappa shape index (κ1) is 11.5. The van der Waals surface area contributed by atoms with Crippen molar-refractivity contribution in [2.24, 2.45) is 0 Å². The van der Waals surface area contributed by atoms with Crippen LogP contribution in [-0.2, 0) is 0 Å². The van der Waals surface area contributed by atoms with E-state index in [0.717, 1.165) is 22.2 Å². The molecule has 3 rings (SSSR count). The molecule has 0 aliphatic carbocycles. The Bertz CT molecular complexity index is 740. The Morgan fingerprint density at radius 1 is 1.00 bits per heavy atom. The zero-order chi connectivity index (χ0) is 13.2. The Morgan fingerprint density at radius 2 is 1.84 bits per heavy atom. The Hall–Kier alpha value is -2.62. The largest absolute Gasteiger partial charge is 0.480 e. The molecule has 3 aromatic rings. The predicted octanol–water partition coefficient (Wildman–Crippen LogP) is 2.89. The van der Waals surface area contributed by atoms with Crippen LogP contribution in [0.25, 0.3) is 22.2 Å². The van der Waals surface area contributed by atoms with Gasteiger partial charge in [0.2, 0.25) is 5.88 Å². The molecule has 0 unspecified atom stereocenters. The van der Waals surface area contributed by atoms with E-state index in [4.69, 9.17) is 10.5 Å². The number of methoxy groups -OCH3 is 1. The minimum Gasteiger partial charge on any atom is -0.480 e. The number of rotatable bonds is 2. The molecule has 94 valence electrons. The number of para-hydroxylation sites is 1. The maximum Gasteiger partial charge on any atom is 0.223 e. The van der Waals surface area contributed by atoms with Crippen molar-refractivity contribution in [2.45, 2.75) is 0 Å². The predicted molar refractivity (Wildman–Crippen MR) is 75.9 cm³/mol. The highest BCUT2D eigenvalue weighted by Gasteiger charge is 2.10. The SMILES string of the molecule is COc1nc2ccccc2cc1-c1cccc(N)n1. The summed E-state index contributed by atoms with van der Waals surface area (Å²) in [6, 6.07) is 15.4. The Kier molecular flexibility index (Phi) is 2.76. The van der Waals surface area contributed by atoms with Crippen LogP contribution >= 0.6 is 0 Å². The van der Waals surface area contributed by atoms with Crippen molar-refractivity contribution in [1.82, 2.24) is 9.97 Å². The van der Waals surface area contributed by atoms with Crippen LogP contribution in [0.1, 0.15) is 0 Å². The molecule has 0 aliphatic rings. The van der Waals surface area contributed by atoms with Gasteiger partial charge in [-0.1, -0.05) is 24.3 Å². The first-order valence-corrected chi connectivity index (χ1v) is 5.94. The van der Waals surface area contributed by atoms with Gasteiger partial charge in [0.25, 0.3) is 0 Å². The summed E-state index contributed by atoms with van der Waals surface area (Å²) < 4.78 is 5.36. The van der Waals surface area contributed by atoms with Gasteiger partial charge in [-0.15, -0.1) is 0 Å².